The molecule has 0 N–H and O–H groups in total. The Morgan fingerprint density at radius 3 is 1.97 bits per heavy atom. The van der Waals surface area contributed by atoms with Crippen LogP contribution in [-0.4, -0.2) is 0 Å². The van der Waals surface area contributed by atoms with Gasteiger partial charge < -0.3 is 0 Å². The smallest absolute Gasteiger partial charge is 0.0616 e. The maximum atomic E-state index is 9.45. The summed E-state index contributed by atoms with van der Waals surface area (Å²) in [6.45, 7) is 0. The fourth-order valence-electron chi connectivity index (χ4n) is 5.41. The Kier molecular flexibility index (Phi) is 2.44. The summed E-state index contributed by atoms with van der Waals surface area (Å²) in [5, 5.41) is 4.33. The Labute approximate surface area is 224 Å². The van der Waals surface area contributed by atoms with Gasteiger partial charge in [0, 0.05) is 0 Å². The number of benzene rings is 8. The van der Waals surface area contributed by atoms with Crippen molar-refractivity contribution >= 4 is 64.6 Å². The second-order valence-corrected chi connectivity index (χ2v) is 8.86. The second kappa shape index (κ2) is 7.41. The van der Waals surface area contributed by atoms with E-state index in [0.29, 0.717) is 10.9 Å². The molecule has 0 aliphatic carbocycles. The van der Waals surface area contributed by atoms with Crippen molar-refractivity contribution in [1.82, 2.24) is 0 Å². The highest BCUT2D eigenvalue weighted by Crippen LogP contribution is 2.46. The van der Waals surface area contributed by atoms with Crippen molar-refractivity contribution in [2.75, 3.05) is 0 Å². The summed E-state index contributed by atoms with van der Waals surface area (Å²) < 4.78 is 97.7. The van der Waals surface area contributed by atoms with Gasteiger partial charge in [-0.2, -0.15) is 0 Å². The molecule has 0 saturated heterocycles. The van der Waals surface area contributed by atoms with Crippen LogP contribution in [0.15, 0.2) is 133 Å². The zero-order valence-corrected chi connectivity index (χ0v) is 18.9. The van der Waals surface area contributed by atoms with Crippen LogP contribution in [0.25, 0.3) is 75.8 Å². The van der Waals surface area contributed by atoms with Crippen molar-refractivity contribution < 1.29 is 15.1 Å². The van der Waals surface area contributed by atoms with Crippen molar-refractivity contribution in [2.24, 2.45) is 0 Å². The molecule has 8 rings (SSSR count). The van der Waals surface area contributed by atoms with Gasteiger partial charge in [-0.15, -0.1) is 0 Å². The SMILES string of the molecule is [2H]c1c([2H])c([2H])c2c([2H])c3c(c([2H])c([2H])c4c([2H])c([2H])c([2H])c([2H])c43)c(-c3c4ccccc4cc4ccc5ccccc5c34)c2c1[2H]. The Morgan fingerprint density at radius 2 is 1.08 bits per heavy atom. The van der Waals surface area contributed by atoms with Crippen LogP contribution < -0.4 is 0 Å². The molecule has 0 aliphatic rings. The van der Waals surface area contributed by atoms with Crippen molar-refractivity contribution in [3.8, 4) is 11.1 Å². The van der Waals surface area contributed by atoms with Crippen molar-refractivity contribution in [1.29, 1.82) is 0 Å². The zero-order valence-electron chi connectivity index (χ0n) is 29.9. The van der Waals surface area contributed by atoms with Crippen molar-refractivity contribution in [3.63, 3.8) is 0 Å². The summed E-state index contributed by atoms with van der Waals surface area (Å²) in [6.07, 6.45) is 0. The van der Waals surface area contributed by atoms with Gasteiger partial charge in [0.1, 0.15) is 0 Å². The molecule has 0 heteroatoms. The molecule has 0 heterocycles. The summed E-state index contributed by atoms with van der Waals surface area (Å²) in [5.41, 5.74) is 0.756. The first-order chi connectivity index (χ1) is 22.5. The fraction of sp³-hybridized carbons (Fsp3) is 0. The van der Waals surface area contributed by atoms with E-state index in [1.54, 1.807) is 0 Å². The minimum absolute atomic E-state index is 0.00664. The van der Waals surface area contributed by atoms with Gasteiger partial charge in [-0.25, -0.2) is 0 Å². The predicted molar refractivity (Wildman–Crippen MR) is 157 cm³/mol. The highest BCUT2D eigenvalue weighted by molar-refractivity contribution is 6.29. The molecule has 0 aliphatic heterocycles. The third kappa shape index (κ3) is 2.70. The lowest BCUT2D eigenvalue weighted by Crippen LogP contribution is -1.91. The van der Waals surface area contributed by atoms with Crippen LogP contribution in [0.4, 0.5) is 0 Å². The van der Waals surface area contributed by atoms with Gasteiger partial charge in [-0.1, -0.05) is 121 Å². The molecule has 0 atom stereocenters. The third-order valence-corrected chi connectivity index (χ3v) is 6.94. The highest BCUT2D eigenvalue weighted by Gasteiger charge is 2.18. The normalized spacial score (nSPS) is 16.2. The van der Waals surface area contributed by atoms with Crippen LogP contribution >= 0.6 is 0 Å². The molecule has 0 radical (unpaired) electrons. The van der Waals surface area contributed by atoms with E-state index >= 15 is 0 Å². The van der Waals surface area contributed by atoms with Gasteiger partial charge >= 0.3 is 0 Å². The maximum Gasteiger partial charge on any atom is 0.0636 e. The van der Waals surface area contributed by atoms with Gasteiger partial charge in [0.2, 0.25) is 0 Å². The van der Waals surface area contributed by atoms with E-state index in [-0.39, 0.29) is 37.9 Å². The fourth-order valence-corrected chi connectivity index (χ4v) is 5.41. The Hall–Kier alpha value is -4.68. The zero-order chi connectivity index (χ0) is 33.2. The van der Waals surface area contributed by atoms with E-state index in [4.69, 9.17) is 11.0 Å². The number of fused-ring (bicyclic) bond motifs is 8. The summed E-state index contributed by atoms with van der Waals surface area (Å²) >= 11 is 0. The van der Waals surface area contributed by atoms with Crippen LogP contribution in [0.2, 0.25) is 0 Å². The van der Waals surface area contributed by atoms with E-state index in [0.717, 1.165) is 26.9 Å². The molecule has 166 valence electrons. The molecule has 36 heavy (non-hydrogen) atoms. The number of hydrogen-bond acceptors (Lipinski definition) is 0. The molecule has 0 spiro atoms. The molecule has 0 fully saturated rings. The standard InChI is InChI=1S/C36H22/c1-5-13-28-23(9-1)19-20-32-33(28)22-26-12-4-7-15-30(26)35(32)36-31-16-8-3-11-25(31)21-27-18-17-24-10-2-6-14-29(24)34(27)36/h1-22H/i1D,4D,5D,7D,9D,12D,13D,15D,19D,20D,22D. The van der Waals surface area contributed by atoms with Gasteiger partial charge in [-0.3, -0.25) is 0 Å². The quantitative estimate of drug-likeness (QED) is 0.167. The lowest BCUT2D eigenvalue weighted by atomic mass is 9.84. The maximum absolute atomic E-state index is 9.45. The van der Waals surface area contributed by atoms with E-state index in [1.807, 2.05) is 66.7 Å². The molecule has 0 amide bonds. The lowest BCUT2D eigenvalue weighted by molar-refractivity contribution is 1.74. The summed E-state index contributed by atoms with van der Waals surface area (Å²) in [5.74, 6) is 0. The van der Waals surface area contributed by atoms with E-state index in [9.17, 15) is 4.11 Å². The van der Waals surface area contributed by atoms with Crippen LogP contribution in [0.1, 0.15) is 15.1 Å². The molecular formula is C36H22. The van der Waals surface area contributed by atoms with E-state index in [2.05, 4.69) is 0 Å². The van der Waals surface area contributed by atoms with Crippen LogP contribution in [0, 0.1) is 0 Å². The summed E-state index contributed by atoms with van der Waals surface area (Å²) in [7, 11) is 0. The summed E-state index contributed by atoms with van der Waals surface area (Å²) in [6, 6.07) is 15.9. The monoisotopic (exact) mass is 465 g/mol. The second-order valence-electron chi connectivity index (χ2n) is 8.86. The summed E-state index contributed by atoms with van der Waals surface area (Å²) in [4.78, 5) is 0. The van der Waals surface area contributed by atoms with Crippen molar-refractivity contribution in [2.45, 2.75) is 0 Å². The first-order valence-corrected chi connectivity index (χ1v) is 11.6. The Bertz CT molecular complexity index is 2750. The number of rotatable bonds is 1. The van der Waals surface area contributed by atoms with Gasteiger partial charge in [0.15, 0.2) is 0 Å². The number of hydrogen-bond donors (Lipinski definition) is 0. The van der Waals surface area contributed by atoms with Gasteiger partial charge in [0.25, 0.3) is 0 Å². The van der Waals surface area contributed by atoms with Crippen molar-refractivity contribution in [3.05, 3.63) is 133 Å². The Balaban J connectivity index is 1.84. The first kappa shape index (κ1) is 11.8. The minimum Gasteiger partial charge on any atom is -0.0616 e. The van der Waals surface area contributed by atoms with E-state index < -0.39 is 66.5 Å². The largest absolute Gasteiger partial charge is 0.0636 e. The predicted octanol–water partition coefficient (Wildman–Crippen LogP) is 10.3. The van der Waals surface area contributed by atoms with Crippen LogP contribution in [-0.2, 0) is 0 Å². The average molecular weight is 466 g/mol. The molecular weight excluding hydrogens is 432 g/mol. The molecule has 0 bridgehead atoms. The molecule has 0 unspecified atom stereocenters. The molecule has 0 saturated carbocycles. The molecule has 0 nitrogen and oxygen atoms in total. The highest BCUT2D eigenvalue weighted by atomic mass is 14.2. The molecule has 8 aromatic carbocycles. The molecule has 8 aromatic rings. The van der Waals surface area contributed by atoms with Gasteiger partial charge in [0.05, 0.1) is 15.1 Å². The minimum atomic E-state index is -0.573. The Morgan fingerprint density at radius 1 is 0.389 bits per heavy atom. The topological polar surface area (TPSA) is 0 Å². The molecule has 0 aromatic heterocycles. The van der Waals surface area contributed by atoms with Crippen LogP contribution in [0.5, 0.6) is 0 Å². The van der Waals surface area contributed by atoms with E-state index in [1.165, 1.54) is 0 Å². The third-order valence-electron chi connectivity index (χ3n) is 6.94. The van der Waals surface area contributed by atoms with Gasteiger partial charge in [-0.05, 0) is 87.9 Å². The van der Waals surface area contributed by atoms with Crippen LogP contribution in [0.3, 0.4) is 0 Å². The average Bonchev–Trinajstić information content (AvgIpc) is 3.08. The first-order valence-electron chi connectivity index (χ1n) is 17.1. The lowest BCUT2D eigenvalue weighted by Gasteiger charge is -2.19.